The van der Waals surface area contributed by atoms with Crippen LogP contribution in [0.1, 0.15) is 6.92 Å². The van der Waals surface area contributed by atoms with Crippen LogP contribution >= 0.6 is 0 Å². The molecular weight excluding hydrogens is 136 g/mol. The molecule has 0 aromatic heterocycles. The van der Waals surface area contributed by atoms with E-state index in [4.69, 9.17) is 10.2 Å². The molecular formula is C6H8O4. The summed E-state index contributed by atoms with van der Waals surface area (Å²) in [6, 6.07) is 0. The summed E-state index contributed by atoms with van der Waals surface area (Å²) in [7, 11) is 0. The van der Waals surface area contributed by atoms with Gasteiger partial charge in [0, 0.05) is 6.08 Å². The van der Waals surface area contributed by atoms with Gasteiger partial charge in [0.1, 0.15) is 0 Å². The lowest BCUT2D eigenvalue weighted by Gasteiger charge is -1.94. The summed E-state index contributed by atoms with van der Waals surface area (Å²) in [5, 5.41) is 16.3. The second kappa shape index (κ2) is 3.66. The van der Waals surface area contributed by atoms with Crippen LogP contribution in [-0.4, -0.2) is 22.2 Å². The highest BCUT2D eigenvalue weighted by atomic mass is 16.4. The zero-order valence-corrected chi connectivity index (χ0v) is 5.44. The van der Waals surface area contributed by atoms with Gasteiger partial charge in [-0.05, 0) is 6.92 Å². The lowest BCUT2D eigenvalue weighted by molar-refractivity contribution is -0.139. The summed E-state index contributed by atoms with van der Waals surface area (Å²) in [5.74, 6) is -2.90. The fraction of sp³-hybridized carbons (Fsp3) is 0.333. The molecule has 0 aromatic rings. The number of carboxylic acid groups (broad SMARTS) is 2. The third kappa shape index (κ3) is 3.65. The fourth-order valence-electron chi connectivity index (χ4n) is 0.309. The molecule has 0 amide bonds. The first-order valence-electron chi connectivity index (χ1n) is 2.68. The van der Waals surface area contributed by atoms with Crippen LogP contribution in [0.25, 0.3) is 0 Å². The van der Waals surface area contributed by atoms with Crippen LogP contribution in [0, 0.1) is 5.92 Å². The summed E-state index contributed by atoms with van der Waals surface area (Å²) in [6.07, 6.45) is 1.93. The molecule has 10 heavy (non-hydrogen) atoms. The largest absolute Gasteiger partial charge is 0.481 e. The molecule has 0 radical (unpaired) electrons. The number of carbonyl (C=O) groups is 2. The molecule has 0 aliphatic heterocycles. The van der Waals surface area contributed by atoms with Gasteiger partial charge in [0.25, 0.3) is 0 Å². The standard InChI is InChI=1S/C6H8O4/c1-4(6(9)10)2-3-5(7)8/h2-4H,1H3,(H,7,8)(H,9,10)/b3-2+/t4-/m1/s1. The van der Waals surface area contributed by atoms with E-state index in [2.05, 4.69) is 0 Å². The molecule has 0 heterocycles. The number of hydrogen-bond acceptors (Lipinski definition) is 2. The summed E-state index contributed by atoms with van der Waals surface area (Å²) >= 11 is 0. The minimum Gasteiger partial charge on any atom is -0.481 e. The zero-order valence-electron chi connectivity index (χ0n) is 5.44. The Bertz CT molecular complexity index is 171. The second-order valence-corrected chi connectivity index (χ2v) is 1.82. The van der Waals surface area contributed by atoms with Crippen molar-refractivity contribution in [1.29, 1.82) is 0 Å². The van der Waals surface area contributed by atoms with E-state index in [0.29, 0.717) is 0 Å². The van der Waals surface area contributed by atoms with Crippen LogP contribution < -0.4 is 0 Å². The third-order valence-corrected chi connectivity index (χ3v) is 0.917. The van der Waals surface area contributed by atoms with Crippen LogP contribution in [0.3, 0.4) is 0 Å². The van der Waals surface area contributed by atoms with E-state index in [-0.39, 0.29) is 0 Å². The van der Waals surface area contributed by atoms with E-state index >= 15 is 0 Å². The van der Waals surface area contributed by atoms with Crippen molar-refractivity contribution >= 4 is 11.9 Å². The maximum absolute atomic E-state index is 10.1. The summed E-state index contributed by atoms with van der Waals surface area (Å²) in [4.78, 5) is 19.9. The van der Waals surface area contributed by atoms with Crippen molar-refractivity contribution < 1.29 is 19.8 Å². The number of hydrogen-bond donors (Lipinski definition) is 2. The zero-order chi connectivity index (χ0) is 8.15. The predicted molar refractivity (Wildman–Crippen MR) is 33.6 cm³/mol. The number of carboxylic acids is 2. The predicted octanol–water partition coefficient (Wildman–Crippen LogP) is 0.348. The maximum Gasteiger partial charge on any atom is 0.328 e. The maximum atomic E-state index is 10.1. The molecule has 0 bridgehead atoms. The third-order valence-electron chi connectivity index (χ3n) is 0.917. The summed E-state index contributed by atoms with van der Waals surface area (Å²) in [5.41, 5.74) is 0. The van der Waals surface area contributed by atoms with E-state index in [9.17, 15) is 9.59 Å². The molecule has 0 aromatic carbocycles. The molecule has 0 aliphatic rings. The van der Waals surface area contributed by atoms with Crippen LogP contribution in [0.4, 0.5) is 0 Å². The number of rotatable bonds is 3. The summed E-state index contributed by atoms with van der Waals surface area (Å²) in [6.45, 7) is 1.40. The highest BCUT2D eigenvalue weighted by Crippen LogP contribution is 1.95. The highest BCUT2D eigenvalue weighted by Gasteiger charge is 2.05. The van der Waals surface area contributed by atoms with E-state index in [1.807, 2.05) is 0 Å². The van der Waals surface area contributed by atoms with Gasteiger partial charge < -0.3 is 10.2 Å². The van der Waals surface area contributed by atoms with Crippen molar-refractivity contribution in [2.75, 3.05) is 0 Å². The van der Waals surface area contributed by atoms with Gasteiger partial charge >= 0.3 is 11.9 Å². The quantitative estimate of drug-likeness (QED) is 0.560. The molecule has 0 saturated carbocycles. The Morgan fingerprint density at radius 3 is 2.20 bits per heavy atom. The summed E-state index contributed by atoms with van der Waals surface area (Å²) < 4.78 is 0. The van der Waals surface area contributed by atoms with Crippen molar-refractivity contribution in [1.82, 2.24) is 0 Å². The molecule has 1 atom stereocenters. The molecule has 0 unspecified atom stereocenters. The van der Waals surface area contributed by atoms with Gasteiger partial charge in [-0.1, -0.05) is 6.08 Å². The Labute approximate surface area is 57.8 Å². The van der Waals surface area contributed by atoms with Crippen molar-refractivity contribution in [2.45, 2.75) is 6.92 Å². The fourth-order valence-corrected chi connectivity index (χ4v) is 0.309. The smallest absolute Gasteiger partial charge is 0.328 e. The van der Waals surface area contributed by atoms with Gasteiger partial charge in [0.15, 0.2) is 0 Å². The molecule has 0 rings (SSSR count). The van der Waals surface area contributed by atoms with Crippen molar-refractivity contribution in [3.8, 4) is 0 Å². The highest BCUT2D eigenvalue weighted by molar-refractivity contribution is 5.81. The van der Waals surface area contributed by atoms with Crippen LogP contribution in [0.2, 0.25) is 0 Å². The molecule has 0 spiro atoms. The van der Waals surface area contributed by atoms with Crippen molar-refractivity contribution in [3.05, 3.63) is 12.2 Å². The molecule has 4 heteroatoms. The van der Waals surface area contributed by atoms with Crippen LogP contribution in [0.5, 0.6) is 0 Å². The van der Waals surface area contributed by atoms with Crippen LogP contribution in [0.15, 0.2) is 12.2 Å². The van der Waals surface area contributed by atoms with Gasteiger partial charge in [-0.25, -0.2) is 4.79 Å². The molecule has 0 fully saturated rings. The Balaban J connectivity index is 3.89. The minimum atomic E-state index is -1.13. The van der Waals surface area contributed by atoms with Crippen LogP contribution in [-0.2, 0) is 9.59 Å². The Morgan fingerprint density at radius 2 is 1.90 bits per heavy atom. The normalized spacial score (nSPS) is 13.3. The second-order valence-electron chi connectivity index (χ2n) is 1.82. The average molecular weight is 144 g/mol. The van der Waals surface area contributed by atoms with E-state index in [1.54, 1.807) is 0 Å². The topological polar surface area (TPSA) is 74.6 Å². The Kier molecular flexibility index (Phi) is 3.17. The first-order valence-corrected chi connectivity index (χ1v) is 2.68. The minimum absolute atomic E-state index is 0.740. The average Bonchev–Trinajstić information content (AvgIpc) is 1.82. The molecule has 0 saturated heterocycles. The van der Waals surface area contributed by atoms with Crippen molar-refractivity contribution in [2.24, 2.45) is 5.92 Å². The number of aliphatic carboxylic acids is 2. The van der Waals surface area contributed by atoms with E-state index in [0.717, 1.165) is 12.2 Å². The van der Waals surface area contributed by atoms with Gasteiger partial charge in [-0.3, -0.25) is 4.79 Å². The Morgan fingerprint density at radius 1 is 1.40 bits per heavy atom. The lowest BCUT2D eigenvalue weighted by atomic mass is 10.2. The molecule has 56 valence electrons. The van der Waals surface area contributed by atoms with Gasteiger partial charge in [0.2, 0.25) is 0 Å². The Hall–Kier alpha value is -1.32. The first-order chi connectivity index (χ1) is 4.54. The van der Waals surface area contributed by atoms with Crippen molar-refractivity contribution in [3.63, 3.8) is 0 Å². The van der Waals surface area contributed by atoms with E-state index < -0.39 is 17.9 Å². The molecule has 2 N–H and O–H groups in total. The first kappa shape index (κ1) is 8.68. The molecule has 0 aliphatic carbocycles. The molecule has 4 nitrogen and oxygen atoms in total. The van der Waals surface area contributed by atoms with E-state index in [1.165, 1.54) is 6.92 Å². The SMILES string of the molecule is C[C@H](/C=C/C(=O)O)C(=O)O. The monoisotopic (exact) mass is 144 g/mol. The van der Waals surface area contributed by atoms with Gasteiger partial charge in [0.05, 0.1) is 5.92 Å². The van der Waals surface area contributed by atoms with Gasteiger partial charge in [-0.2, -0.15) is 0 Å². The van der Waals surface area contributed by atoms with Gasteiger partial charge in [-0.15, -0.1) is 0 Å². The lowest BCUT2D eigenvalue weighted by Crippen LogP contribution is -2.06.